The van der Waals surface area contributed by atoms with E-state index >= 15 is 0 Å². The zero-order valence-corrected chi connectivity index (χ0v) is 11.5. The quantitative estimate of drug-likeness (QED) is 0.692. The molecule has 0 aliphatic heterocycles. The fourth-order valence-electron chi connectivity index (χ4n) is 1.75. The molecule has 21 heavy (non-hydrogen) atoms. The third kappa shape index (κ3) is 3.60. The molecule has 0 aliphatic rings. The fourth-order valence-corrected chi connectivity index (χ4v) is 2.91. The summed E-state index contributed by atoms with van der Waals surface area (Å²) < 4.78 is 63.6. The predicted molar refractivity (Wildman–Crippen MR) is 72.4 cm³/mol. The smallest absolute Gasteiger partial charge is 0.396 e. The third-order valence-corrected chi connectivity index (χ3v) is 4.17. The van der Waals surface area contributed by atoms with Gasteiger partial charge < -0.3 is 5.73 Å². The van der Waals surface area contributed by atoms with E-state index in [1.807, 2.05) is 0 Å². The molecule has 0 amide bonds. The Morgan fingerprint density at radius 3 is 2.43 bits per heavy atom. The number of halogens is 4. The summed E-state index contributed by atoms with van der Waals surface area (Å²) in [6.07, 6.45) is -4.51. The number of nitrogen functional groups attached to an aromatic ring is 1. The summed E-state index contributed by atoms with van der Waals surface area (Å²) in [6.45, 7) is 0. The Hall–Kier alpha value is -1.89. The normalized spacial score (nSPS) is 13.1. The van der Waals surface area contributed by atoms with Gasteiger partial charge in [-0.05, 0) is 24.3 Å². The van der Waals surface area contributed by atoms with Gasteiger partial charge in [0.15, 0.2) is 0 Å². The largest absolute Gasteiger partial charge is 0.416 e. The van der Waals surface area contributed by atoms with E-state index in [2.05, 4.69) is 0 Å². The van der Waals surface area contributed by atoms with Gasteiger partial charge in [0.05, 0.1) is 27.8 Å². The van der Waals surface area contributed by atoms with Gasteiger partial charge >= 0.3 is 6.18 Å². The molecule has 0 heterocycles. The van der Waals surface area contributed by atoms with Crippen molar-refractivity contribution in [1.29, 1.82) is 0 Å². The molecule has 1 atom stereocenters. The summed E-state index contributed by atoms with van der Waals surface area (Å²) in [4.78, 5) is -0.00773. The summed E-state index contributed by atoms with van der Waals surface area (Å²) in [7, 11) is -1.79. The molecule has 0 aromatic heterocycles. The Morgan fingerprint density at radius 1 is 1.10 bits per heavy atom. The van der Waals surface area contributed by atoms with Gasteiger partial charge in [0.1, 0.15) is 5.82 Å². The first-order valence-corrected chi connectivity index (χ1v) is 7.19. The van der Waals surface area contributed by atoms with Crippen molar-refractivity contribution in [1.82, 2.24) is 0 Å². The van der Waals surface area contributed by atoms with E-state index in [0.717, 1.165) is 12.1 Å². The maximum absolute atomic E-state index is 13.7. The Balaban J connectivity index is 2.27. The van der Waals surface area contributed by atoms with Crippen molar-refractivity contribution >= 4 is 16.5 Å². The van der Waals surface area contributed by atoms with E-state index in [0.29, 0.717) is 0 Å². The summed E-state index contributed by atoms with van der Waals surface area (Å²) in [5.74, 6) is -0.934. The molecule has 112 valence electrons. The molecule has 1 unspecified atom stereocenters. The molecule has 2 nitrogen and oxygen atoms in total. The summed E-state index contributed by atoms with van der Waals surface area (Å²) in [5.41, 5.74) is 4.52. The average molecular weight is 317 g/mol. The lowest BCUT2D eigenvalue weighted by Gasteiger charge is -2.09. The van der Waals surface area contributed by atoms with Gasteiger partial charge in [0.25, 0.3) is 0 Å². The van der Waals surface area contributed by atoms with Crippen molar-refractivity contribution < 1.29 is 21.8 Å². The van der Waals surface area contributed by atoms with Gasteiger partial charge in [0.2, 0.25) is 0 Å². The summed E-state index contributed by atoms with van der Waals surface area (Å²) >= 11 is 0. The predicted octanol–water partition coefficient (Wildman–Crippen LogP) is 3.73. The van der Waals surface area contributed by atoms with Crippen LogP contribution in [0.4, 0.5) is 23.2 Å². The highest BCUT2D eigenvalue weighted by atomic mass is 32.2. The minimum atomic E-state index is -4.51. The maximum Gasteiger partial charge on any atom is 0.416 e. The second-order valence-electron chi connectivity index (χ2n) is 4.34. The van der Waals surface area contributed by atoms with Gasteiger partial charge in [-0.15, -0.1) is 0 Å². The standard InChI is InChI=1S/C14H11F4NOS/c15-13-9(3-1-6-12(13)19)8-21(20)11-5-2-4-10(7-11)14(16,17)18/h1-7H,8,19H2. The number of nitrogens with two attached hydrogens (primary N) is 1. The lowest BCUT2D eigenvalue weighted by molar-refractivity contribution is -0.137. The minimum Gasteiger partial charge on any atom is -0.396 e. The Bertz CT molecular complexity index is 685. The molecule has 0 saturated carbocycles. The number of anilines is 1. The van der Waals surface area contributed by atoms with Crippen LogP contribution >= 0.6 is 0 Å². The molecular formula is C14H11F4NOS. The van der Waals surface area contributed by atoms with Crippen LogP contribution in [-0.2, 0) is 22.7 Å². The number of alkyl halides is 3. The first kappa shape index (κ1) is 15.5. The minimum absolute atomic E-state index is 0.00773. The molecule has 7 heteroatoms. The first-order valence-electron chi connectivity index (χ1n) is 5.87. The van der Waals surface area contributed by atoms with Crippen LogP contribution in [0.3, 0.4) is 0 Å². The van der Waals surface area contributed by atoms with Crippen LogP contribution in [-0.4, -0.2) is 4.21 Å². The summed E-state index contributed by atoms with van der Waals surface area (Å²) in [6, 6.07) is 8.43. The van der Waals surface area contributed by atoms with Crippen LogP contribution in [0.5, 0.6) is 0 Å². The van der Waals surface area contributed by atoms with Crippen LogP contribution in [0, 0.1) is 5.82 Å². The first-order chi connectivity index (χ1) is 9.79. The van der Waals surface area contributed by atoms with Crippen molar-refractivity contribution in [3.05, 3.63) is 59.4 Å². The van der Waals surface area contributed by atoms with Crippen molar-refractivity contribution in [2.45, 2.75) is 16.8 Å². The van der Waals surface area contributed by atoms with Crippen LogP contribution in [0.15, 0.2) is 47.4 Å². The van der Waals surface area contributed by atoms with Gasteiger partial charge in [0, 0.05) is 10.5 Å². The highest BCUT2D eigenvalue weighted by Crippen LogP contribution is 2.30. The van der Waals surface area contributed by atoms with Crippen molar-refractivity contribution in [2.24, 2.45) is 0 Å². The number of benzene rings is 2. The lowest BCUT2D eigenvalue weighted by Crippen LogP contribution is -2.07. The molecule has 2 aromatic rings. The Labute approximate surface area is 121 Å². The van der Waals surface area contributed by atoms with Crippen LogP contribution in [0.2, 0.25) is 0 Å². The summed E-state index contributed by atoms with van der Waals surface area (Å²) in [5, 5.41) is 0. The second-order valence-corrected chi connectivity index (χ2v) is 5.79. The Morgan fingerprint density at radius 2 is 1.76 bits per heavy atom. The van der Waals surface area contributed by atoms with Crippen molar-refractivity contribution in [3.63, 3.8) is 0 Å². The monoisotopic (exact) mass is 317 g/mol. The van der Waals surface area contributed by atoms with E-state index in [4.69, 9.17) is 5.73 Å². The molecule has 0 bridgehead atoms. The van der Waals surface area contributed by atoms with Crippen molar-refractivity contribution in [3.8, 4) is 0 Å². The molecule has 0 saturated heterocycles. The highest BCUT2D eigenvalue weighted by molar-refractivity contribution is 7.84. The van der Waals surface area contributed by atoms with Crippen molar-refractivity contribution in [2.75, 3.05) is 5.73 Å². The Kier molecular flexibility index (Phi) is 4.32. The molecule has 0 spiro atoms. The maximum atomic E-state index is 13.7. The van der Waals surface area contributed by atoms with E-state index in [1.165, 1.54) is 30.3 Å². The topological polar surface area (TPSA) is 43.1 Å². The van der Waals surface area contributed by atoms with E-state index in [9.17, 15) is 21.8 Å². The molecule has 0 aliphatic carbocycles. The third-order valence-electron chi connectivity index (χ3n) is 2.82. The molecule has 2 aromatic carbocycles. The average Bonchev–Trinajstić information content (AvgIpc) is 2.43. The van der Waals surface area contributed by atoms with Gasteiger partial charge in [-0.25, -0.2) is 4.39 Å². The zero-order chi connectivity index (χ0) is 15.6. The van der Waals surface area contributed by atoms with Crippen LogP contribution in [0.25, 0.3) is 0 Å². The van der Waals surface area contributed by atoms with Gasteiger partial charge in [-0.2, -0.15) is 13.2 Å². The number of rotatable bonds is 3. The van der Waals surface area contributed by atoms with E-state index < -0.39 is 28.4 Å². The molecule has 2 N–H and O–H groups in total. The second kappa shape index (κ2) is 5.85. The van der Waals surface area contributed by atoms with E-state index in [1.54, 1.807) is 0 Å². The van der Waals surface area contributed by atoms with Crippen LogP contribution in [0.1, 0.15) is 11.1 Å². The highest BCUT2D eigenvalue weighted by Gasteiger charge is 2.30. The molecular weight excluding hydrogens is 306 g/mol. The SMILES string of the molecule is Nc1cccc(CS(=O)c2cccc(C(F)(F)F)c2)c1F. The number of hydrogen-bond acceptors (Lipinski definition) is 2. The number of hydrogen-bond donors (Lipinski definition) is 1. The zero-order valence-electron chi connectivity index (χ0n) is 10.7. The fraction of sp³-hybridized carbons (Fsp3) is 0.143. The lowest BCUT2D eigenvalue weighted by atomic mass is 10.2. The molecule has 0 fully saturated rings. The van der Waals surface area contributed by atoms with Crippen LogP contribution < -0.4 is 5.73 Å². The van der Waals surface area contributed by atoms with Gasteiger partial charge in [-0.1, -0.05) is 18.2 Å². The molecule has 0 radical (unpaired) electrons. The molecule has 2 rings (SSSR count). The van der Waals surface area contributed by atoms with E-state index in [-0.39, 0.29) is 21.9 Å². The van der Waals surface area contributed by atoms with Gasteiger partial charge in [-0.3, -0.25) is 4.21 Å².